The summed E-state index contributed by atoms with van der Waals surface area (Å²) in [6.45, 7) is 14.8. The van der Waals surface area contributed by atoms with Crippen molar-refractivity contribution in [1.29, 1.82) is 0 Å². The number of hydrogen-bond donors (Lipinski definition) is 0. The van der Waals surface area contributed by atoms with Crippen LogP contribution in [0.3, 0.4) is 0 Å². The number of amides is 1. The van der Waals surface area contributed by atoms with Gasteiger partial charge in [-0.25, -0.2) is 5.57 Å². The van der Waals surface area contributed by atoms with Gasteiger partial charge in [-0.05, 0) is 11.0 Å². The smallest absolute Gasteiger partial charge is 1.00 e. The Morgan fingerprint density at radius 3 is 1.50 bits per heavy atom. The van der Waals surface area contributed by atoms with E-state index in [9.17, 15) is 4.79 Å². The minimum atomic E-state index is -0.606. The van der Waals surface area contributed by atoms with Crippen molar-refractivity contribution in [3.05, 3.63) is 125 Å². The van der Waals surface area contributed by atoms with Gasteiger partial charge in [0.05, 0.1) is 5.91 Å². The molecular weight excluding hydrogens is 561 g/mol. The zero-order valence-corrected chi connectivity index (χ0v) is 27.4. The molecule has 0 heterocycles. The zero-order chi connectivity index (χ0) is 26.0. The Labute approximate surface area is 260 Å². The van der Waals surface area contributed by atoms with Gasteiger partial charge in [-0.1, -0.05) is 143 Å². The standard InChI is InChI=1S/C12H10Si.C11H15NO.C9H13.2ClH.Ti/c1-3-7-11(8-4-1)13-12-9-5-2-6-10-12;1-11(2,3)9-7-5-4-6-8(9)10(12)13;1-6-5-7(2)9(4)8(6)3;;;/h1-10H;4-7H,1-3H3,(H2,12,13);6H,1-4H3;2*1H;/q;;-1;;;+4/p-3. The first kappa shape index (κ1) is 38.3. The van der Waals surface area contributed by atoms with Gasteiger partial charge >= 0.3 is 21.7 Å². The summed E-state index contributed by atoms with van der Waals surface area (Å²) >= 11 is 0. The summed E-state index contributed by atoms with van der Waals surface area (Å²) in [5.41, 5.74) is 12.7. The Bertz CT molecular complexity index is 1140. The molecule has 198 valence electrons. The number of rotatable bonds is 3. The molecule has 6 heteroatoms. The van der Waals surface area contributed by atoms with E-state index in [1.807, 2.05) is 32.9 Å². The maximum absolute atomic E-state index is 11.0. The molecule has 0 saturated carbocycles. The van der Waals surface area contributed by atoms with Gasteiger partial charge in [0.2, 0.25) is 0 Å². The molecule has 1 unspecified atom stereocenters. The zero-order valence-electron chi connectivity index (χ0n) is 23.3. The first-order valence-corrected chi connectivity index (χ1v) is 13.0. The van der Waals surface area contributed by atoms with Crippen LogP contribution in [0.4, 0.5) is 0 Å². The summed E-state index contributed by atoms with van der Waals surface area (Å²) in [4.78, 5) is 11.0. The Kier molecular flexibility index (Phi) is 18.5. The van der Waals surface area contributed by atoms with Gasteiger partial charge in [0.1, 0.15) is 9.52 Å². The third kappa shape index (κ3) is 12.3. The summed E-state index contributed by atoms with van der Waals surface area (Å²) in [7, 11) is 0.777. The molecule has 0 spiro atoms. The summed E-state index contributed by atoms with van der Waals surface area (Å²) in [5, 5.41) is 2.79. The van der Waals surface area contributed by atoms with Crippen molar-refractivity contribution in [2.75, 3.05) is 0 Å². The van der Waals surface area contributed by atoms with Gasteiger partial charge in [0, 0.05) is 5.56 Å². The van der Waals surface area contributed by atoms with Crippen molar-refractivity contribution in [2.45, 2.75) is 53.9 Å². The SMILES string of the molecule is CC(C)(C)c1ccccc1C([NH-])=O.CC1=[C-]C(C)C(C)=C1C.[Cl-].[Cl-].[Ti+4].c1ccc([Si]c2ccccc2)cc1. The van der Waals surface area contributed by atoms with Crippen LogP contribution in [0.2, 0.25) is 0 Å². The Morgan fingerprint density at radius 2 is 1.21 bits per heavy atom. The van der Waals surface area contributed by atoms with Crippen LogP contribution in [0.5, 0.6) is 0 Å². The topological polar surface area (TPSA) is 40.9 Å². The molecule has 2 radical (unpaired) electrons. The molecule has 1 aliphatic carbocycles. The normalized spacial score (nSPS) is 13.7. The van der Waals surface area contributed by atoms with E-state index in [0.29, 0.717) is 11.5 Å². The molecule has 3 aromatic rings. The molecule has 1 N–H and O–H groups in total. The summed E-state index contributed by atoms with van der Waals surface area (Å²) < 4.78 is 0. The predicted octanol–water partition coefficient (Wildman–Crippen LogP) is 1.25. The van der Waals surface area contributed by atoms with Crippen molar-refractivity contribution < 1.29 is 51.3 Å². The molecule has 0 aliphatic heterocycles. The van der Waals surface area contributed by atoms with Crippen molar-refractivity contribution in [1.82, 2.24) is 0 Å². The molecule has 0 saturated heterocycles. The summed E-state index contributed by atoms with van der Waals surface area (Å²) in [6.07, 6.45) is 3.36. The summed E-state index contributed by atoms with van der Waals surface area (Å²) in [6, 6.07) is 28.4. The second-order valence-corrected chi connectivity index (χ2v) is 11.2. The molecular formula is C32H37Cl2NOSiTi. The van der Waals surface area contributed by atoms with E-state index >= 15 is 0 Å². The van der Waals surface area contributed by atoms with Crippen molar-refractivity contribution in [2.24, 2.45) is 5.92 Å². The fraction of sp³-hybridized carbons (Fsp3) is 0.281. The van der Waals surface area contributed by atoms with E-state index < -0.39 is 5.91 Å². The van der Waals surface area contributed by atoms with E-state index in [1.165, 1.54) is 27.1 Å². The average molecular weight is 599 g/mol. The average Bonchev–Trinajstić information content (AvgIpc) is 3.06. The molecule has 4 rings (SSSR count). The first-order chi connectivity index (χ1) is 16.5. The van der Waals surface area contributed by atoms with E-state index in [4.69, 9.17) is 5.73 Å². The van der Waals surface area contributed by atoms with Crippen molar-refractivity contribution in [3.63, 3.8) is 0 Å². The number of halogens is 2. The van der Waals surface area contributed by atoms with Gasteiger partial charge in [-0.15, -0.1) is 6.92 Å². The quantitative estimate of drug-likeness (QED) is 0.331. The Hall–Kier alpha value is -1.88. The summed E-state index contributed by atoms with van der Waals surface area (Å²) in [5.74, 6) is -0.0458. The fourth-order valence-corrected chi connectivity index (χ4v) is 4.76. The minimum Gasteiger partial charge on any atom is -1.00 e. The van der Waals surface area contributed by atoms with Crippen LogP contribution in [-0.2, 0) is 27.1 Å². The van der Waals surface area contributed by atoms with E-state index in [-0.39, 0.29) is 51.9 Å². The van der Waals surface area contributed by atoms with E-state index in [1.54, 1.807) is 12.1 Å². The first-order valence-electron chi connectivity index (χ1n) is 12.0. The minimum absolute atomic E-state index is 0. The van der Waals surface area contributed by atoms with Gasteiger partial charge in [-0.2, -0.15) is 11.1 Å². The van der Waals surface area contributed by atoms with Crippen LogP contribution >= 0.6 is 0 Å². The molecule has 0 aromatic heterocycles. The Morgan fingerprint density at radius 1 is 0.789 bits per heavy atom. The molecule has 1 atom stereocenters. The van der Waals surface area contributed by atoms with E-state index in [2.05, 4.69) is 94.4 Å². The predicted molar refractivity (Wildman–Crippen MR) is 152 cm³/mol. The van der Waals surface area contributed by atoms with E-state index in [0.717, 1.165) is 15.1 Å². The van der Waals surface area contributed by atoms with Gasteiger partial charge in [-0.3, -0.25) is 6.08 Å². The number of hydrogen-bond acceptors (Lipinski definition) is 1. The maximum Gasteiger partial charge on any atom is 4.00 e. The van der Waals surface area contributed by atoms with Crippen molar-refractivity contribution >= 4 is 25.8 Å². The van der Waals surface area contributed by atoms with Gasteiger partial charge in [0.25, 0.3) is 0 Å². The number of carbonyl (C=O) groups is 1. The third-order valence-electron chi connectivity index (χ3n) is 6.05. The van der Waals surface area contributed by atoms with Crippen LogP contribution in [0.25, 0.3) is 5.73 Å². The molecule has 1 aliphatic rings. The molecule has 3 aromatic carbocycles. The fourth-order valence-electron chi connectivity index (χ4n) is 3.71. The van der Waals surface area contributed by atoms with Gasteiger partial charge in [0.15, 0.2) is 0 Å². The molecule has 2 nitrogen and oxygen atoms in total. The molecule has 38 heavy (non-hydrogen) atoms. The van der Waals surface area contributed by atoms with Crippen LogP contribution in [0.1, 0.15) is 64.4 Å². The van der Waals surface area contributed by atoms with Crippen LogP contribution in [0, 0.1) is 12.0 Å². The van der Waals surface area contributed by atoms with Crippen LogP contribution in [-0.4, -0.2) is 15.4 Å². The molecule has 0 fully saturated rings. The monoisotopic (exact) mass is 597 g/mol. The van der Waals surface area contributed by atoms with Crippen LogP contribution < -0.4 is 35.2 Å². The largest absolute Gasteiger partial charge is 4.00 e. The molecule has 1 amide bonds. The second-order valence-electron chi connectivity index (χ2n) is 9.78. The van der Waals surface area contributed by atoms with Gasteiger partial charge < -0.3 is 35.3 Å². The second kappa shape index (κ2) is 18.4. The number of nitrogens with one attached hydrogen (secondary N) is 1. The Balaban J connectivity index is 0. The molecule has 0 bridgehead atoms. The number of carbonyl (C=O) groups excluding carboxylic acids is 1. The third-order valence-corrected chi connectivity index (χ3v) is 7.30. The van der Waals surface area contributed by atoms with Crippen LogP contribution in [0.15, 0.2) is 102 Å². The maximum atomic E-state index is 11.0. The number of benzene rings is 3. The van der Waals surface area contributed by atoms with Crippen molar-refractivity contribution in [3.8, 4) is 0 Å². The number of allylic oxidation sites excluding steroid dienone is 4.